The number of aliphatic hydroxyl groups is 2. The summed E-state index contributed by atoms with van der Waals surface area (Å²) in [5.41, 5.74) is 0.00149. The maximum absolute atomic E-state index is 12.2. The van der Waals surface area contributed by atoms with Crippen LogP contribution in [0.1, 0.15) is 18.9 Å². The van der Waals surface area contributed by atoms with E-state index in [1.807, 2.05) is 24.1 Å². The van der Waals surface area contributed by atoms with Crippen molar-refractivity contribution in [2.75, 3.05) is 26.7 Å². The molecule has 0 unspecified atom stereocenters. The first kappa shape index (κ1) is 15.9. The highest BCUT2D eigenvalue weighted by Gasteiger charge is 2.37. The molecule has 6 nitrogen and oxygen atoms in total. The number of carbonyl (C=O) groups is 1. The Bertz CT molecular complexity index is 478. The predicted octanol–water partition coefficient (Wildman–Crippen LogP) is -0.142. The van der Waals surface area contributed by atoms with Gasteiger partial charge < -0.3 is 15.1 Å². The van der Waals surface area contributed by atoms with Gasteiger partial charge in [0.25, 0.3) is 0 Å². The van der Waals surface area contributed by atoms with Crippen molar-refractivity contribution in [3.05, 3.63) is 30.1 Å². The van der Waals surface area contributed by atoms with Crippen molar-refractivity contribution in [1.29, 1.82) is 0 Å². The molecular formula is C15H23N3O3. The lowest BCUT2D eigenvalue weighted by Crippen LogP contribution is -2.56. The van der Waals surface area contributed by atoms with Crippen LogP contribution in [0, 0.1) is 0 Å². The molecule has 2 N–H and O–H groups in total. The molecule has 1 aromatic heterocycles. The van der Waals surface area contributed by atoms with Gasteiger partial charge in [0, 0.05) is 32.0 Å². The average Bonchev–Trinajstić information content (AvgIpc) is 2.42. The zero-order valence-corrected chi connectivity index (χ0v) is 12.6. The molecule has 0 spiro atoms. The minimum atomic E-state index is -1.10. The second-order valence-electron chi connectivity index (χ2n) is 5.99. The number of piperidine rings is 1. The molecule has 1 aliphatic rings. The van der Waals surface area contributed by atoms with E-state index in [0.717, 1.165) is 5.56 Å². The van der Waals surface area contributed by atoms with Crippen molar-refractivity contribution in [3.8, 4) is 0 Å². The highest BCUT2D eigenvalue weighted by molar-refractivity contribution is 5.78. The number of hydrogen-bond acceptors (Lipinski definition) is 5. The van der Waals surface area contributed by atoms with Gasteiger partial charge in [-0.1, -0.05) is 0 Å². The molecule has 1 aliphatic heterocycles. The minimum Gasteiger partial charge on any atom is -0.388 e. The van der Waals surface area contributed by atoms with Gasteiger partial charge in [0.05, 0.1) is 18.2 Å². The number of likely N-dealkylation sites (N-methyl/N-ethyl adjacent to an activating group) is 1. The Labute approximate surface area is 125 Å². The van der Waals surface area contributed by atoms with Crippen LogP contribution in [-0.2, 0) is 11.3 Å². The van der Waals surface area contributed by atoms with Crippen LogP contribution in [0.4, 0.5) is 0 Å². The standard InChI is InChI=1S/C15H23N3O3/c1-15(21)5-8-18(10-13(15)19)14(20)11-17(2)9-12-3-6-16-7-4-12/h3-4,6-7,13,19,21H,5,8-11H2,1-2H3/t13-,15+/m1/s1. The first-order valence-corrected chi connectivity index (χ1v) is 7.14. The Morgan fingerprint density at radius 2 is 2.19 bits per heavy atom. The number of hydrogen-bond donors (Lipinski definition) is 2. The quantitative estimate of drug-likeness (QED) is 0.808. The van der Waals surface area contributed by atoms with Crippen LogP contribution in [0.5, 0.6) is 0 Å². The van der Waals surface area contributed by atoms with E-state index in [0.29, 0.717) is 19.5 Å². The second kappa shape index (κ2) is 6.51. The molecule has 21 heavy (non-hydrogen) atoms. The van der Waals surface area contributed by atoms with Crippen LogP contribution in [0.2, 0.25) is 0 Å². The van der Waals surface area contributed by atoms with Gasteiger partial charge in [-0.2, -0.15) is 0 Å². The van der Waals surface area contributed by atoms with Crippen molar-refractivity contribution < 1.29 is 15.0 Å². The van der Waals surface area contributed by atoms with E-state index in [-0.39, 0.29) is 19.0 Å². The molecule has 0 saturated carbocycles. The van der Waals surface area contributed by atoms with E-state index in [2.05, 4.69) is 4.98 Å². The number of nitrogens with zero attached hydrogens (tertiary/aromatic N) is 3. The number of likely N-dealkylation sites (tertiary alicyclic amines) is 1. The molecule has 0 aromatic carbocycles. The van der Waals surface area contributed by atoms with E-state index < -0.39 is 11.7 Å². The van der Waals surface area contributed by atoms with Crippen LogP contribution < -0.4 is 0 Å². The van der Waals surface area contributed by atoms with E-state index >= 15 is 0 Å². The van der Waals surface area contributed by atoms with Crippen molar-refractivity contribution in [3.63, 3.8) is 0 Å². The molecular weight excluding hydrogens is 270 g/mol. The molecule has 0 aliphatic carbocycles. The zero-order valence-electron chi connectivity index (χ0n) is 12.6. The minimum absolute atomic E-state index is 0.0268. The molecule has 116 valence electrons. The number of pyridine rings is 1. The summed E-state index contributed by atoms with van der Waals surface area (Å²) in [5.74, 6) is -0.0268. The Balaban J connectivity index is 1.84. The largest absolute Gasteiger partial charge is 0.388 e. The van der Waals surface area contributed by atoms with Gasteiger partial charge in [-0.3, -0.25) is 14.7 Å². The lowest BCUT2D eigenvalue weighted by atomic mass is 9.91. The molecule has 1 fully saturated rings. The fourth-order valence-corrected chi connectivity index (χ4v) is 2.44. The number of aliphatic hydroxyl groups excluding tert-OH is 1. The fraction of sp³-hybridized carbons (Fsp3) is 0.600. The van der Waals surface area contributed by atoms with E-state index in [1.54, 1.807) is 24.2 Å². The molecule has 2 heterocycles. The van der Waals surface area contributed by atoms with Crippen LogP contribution in [0.3, 0.4) is 0 Å². The van der Waals surface area contributed by atoms with Crippen LogP contribution in [-0.4, -0.2) is 69.3 Å². The summed E-state index contributed by atoms with van der Waals surface area (Å²) < 4.78 is 0. The third-order valence-electron chi connectivity index (χ3n) is 3.96. The number of aromatic nitrogens is 1. The van der Waals surface area contributed by atoms with E-state index in [4.69, 9.17) is 0 Å². The van der Waals surface area contributed by atoms with Crippen molar-refractivity contribution in [2.45, 2.75) is 31.6 Å². The molecule has 2 atom stereocenters. The lowest BCUT2D eigenvalue weighted by Gasteiger charge is -2.40. The average molecular weight is 293 g/mol. The smallest absolute Gasteiger partial charge is 0.236 e. The Morgan fingerprint density at radius 3 is 2.81 bits per heavy atom. The third-order valence-corrected chi connectivity index (χ3v) is 3.96. The summed E-state index contributed by atoms with van der Waals surface area (Å²) >= 11 is 0. The van der Waals surface area contributed by atoms with Gasteiger partial charge in [-0.15, -0.1) is 0 Å². The SMILES string of the molecule is CN(CC(=O)N1CC[C@](C)(O)[C@H](O)C1)Cc1ccncc1. The molecule has 1 aromatic rings. The number of amides is 1. The monoisotopic (exact) mass is 293 g/mol. The first-order valence-electron chi connectivity index (χ1n) is 7.14. The van der Waals surface area contributed by atoms with Crippen molar-refractivity contribution >= 4 is 5.91 Å². The van der Waals surface area contributed by atoms with Gasteiger partial charge in [0.1, 0.15) is 0 Å². The van der Waals surface area contributed by atoms with Crippen LogP contribution >= 0.6 is 0 Å². The summed E-state index contributed by atoms with van der Waals surface area (Å²) in [5, 5.41) is 19.8. The zero-order chi connectivity index (χ0) is 15.5. The maximum atomic E-state index is 12.2. The predicted molar refractivity (Wildman–Crippen MR) is 78.4 cm³/mol. The molecule has 0 bridgehead atoms. The van der Waals surface area contributed by atoms with Crippen LogP contribution in [0.25, 0.3) is 0 Å². The summed E-state index contributed by atoms with van der Waals surface area (Å²) in [6.07, 6.45) is 2.97. The summed E-state index contributed by atoms with van der Waals surface area (Å²) in [7, 11) is 1.88. The van der Waals surface area contributed by atoms with Gasteiger partial charge in [-0.25, -0.2) is 0 Å². The maximum Gasteiger partial charge on any atom is 0.236 e. The van der Waals surface area contributed by atoms with E-state index in [1.165, 1.54) is 0 Å². The van der Waals surface area contributed by atoms with Crippen molar-refractivity contribution in [2.24, 2.45) is 0 Å². The third kappa shape index (κ3) is 4.23. The lowest BCUT2D eigenvalue weighted by molar-refractivity contribution is -0.147. The summed E-state index contributed by atoms with van der Waals surface area (Å²) in [6.45, 7) is 3.23. The van der Waals surface area contributed by atoms with Gasteiger partial charge >= 0.3 is 0 Å². The number of rotatable bonds is 4. The molecule has 1 saturated heterocycles. The molecule has 2 rings (SSSR count). The van der Waals surface area contributed by atoms with E-state index in [9.17, 15) is 15.0 Å². The number of carbonyl (C=O) groups excluding carboxylic acids is 1. The Morgan fingerprint density at radius 1 is 1.52 bits per heavy atom. The Kier molecular flexibility index (Phi) is 4.92. The van der Waals surface area contributed by atoms with Gasteiger partial charge in [0.15, 0.2) is 0 Å². The molecule has 1 amide bonds. The molecule has 0 radical (unpaired) electrons. The fourth-order valence-electron chi connectivity index (χ4n) is 2.44. The molecule has 6 heteroatoms. The summed E-state index contributed by atoms with van der Waals surface area (Å²) in [4.78, 5) is 19.7. The topological polar surface area (TPSA) is 76.9 Å². The van der Waals surface area contributed by atoms with Gasteiger partial charge in [0.2, 0.25) is 5.91 Å². The van der Waals surface area contributed by atoms with Gasteiger partial charge in [-0.05, 0) is 38.1 Å². The first-order chi connectivity index (χ1) is 9.88. The summed E-state index contributed by atoms with van der Waals surface area (Å²) in [6, 6.07) is 3.84. The highest BCUT2D eigenvalue weighted by atomic mass is 16.3. The Hall–Kier alpha value is -1.50. The second-order valence-corrected chi connectivity index (χ2v) is 5.99. The van der Waals surface area contributed by atoms with Crippen LogP contribution in [0.15, 0.2) is 24.5 Å². The normalized spacial score (nSPS) is 26.1. The number of β-amino-alcohol motifs (C(OH)–C–C–N with tert-alkyl or cyclic N) is 1. The van der Waals surface area contributed by atoms with Crippen molar-refractivity contribution in [1.82, 2.24) is 14.8 Å². The highest BCUT2D eigenvalue weighted by Crippen LogP contribution is 2.22.